The fourth-order valence-corrected chi connectivity index (χ4v) is 1.65. The lowest BCUT2D eigenvalue weighted by molar-refractivity contribution is -0.144. The highest BCUT2D eigenvalue weighted by atomic mass is 32.1. The van der Waals surface area contributed by atoms with Gasteiger partial charge in [-0.3, -0.25) is 9.59 Å². The summed E-state index contributed by atoms with van der Waals surface area (Å²) in [4.78, 5) is 37.4. The van der Waals surface area contributed by atoms with Gasteiger partial charge >= 0.3 is 11.9 Å². The monoisotopic (exact) mass is 287 g/mol. The first-order valence-electron chi connectivity index (χ1n) is 5.44. The number of carbonyl (C=O) groups is 3. The molecule has 1 rings (SSSR count). The first-order valence-corrected chi connectivity index (χ1v) is 6.21. The van der Waals surface area contributed by atoms with E-state index in [2.05, 4.69) is 24.1 Å². The van der Waals surface area contributed by atoms with E-state index in [0.717, 1.165) is 11.5 Å². The molecule has 0 saturated carbocycles. The van der Waals surface area contributed by atoms with Crippen molar-refractivity contribution in [3.05, 3.63) is 5.82 Å². The summed E-state index contributed by atoms with van der Waals surface area (Å²) in [5, 5.41) is 2.60. The van der Waals surface area contributed by atoms with Crippen molar-refractivity contribution in [2.24, 2.45) is 0 Å². The van der Waals surface area contributed by atoms with E-state index < -0.39 is 17.8 Å². The summed E-state index contributed by atoms with van der Waals surface area (Å²) in [5.41, 5.74) is 0. The van der Waals surface area contributed by atoms with Gasteiger partial charge in [-0.25, -0.2) is 4.79 Å². The number of methoxy groups -OCH3 is 1. The van der Waals surface area contributed by atoms with Crippen molar-refractivity contribution >= 4 is 34.5 Å². The van der Waals surface area contributed by atoms with E-state index in [0.29, 0.717) is 0 Å². The minimum Gasteiger partial charge on any atom is -0.466 e. The fourth-order valence-electron chi connectivity index (χ4n) is 1.08. The lowest BCUT2D eigenvalue weighted by Gasteiger charge is -2.01. The third-order valence-electron chi connectivity index (χ3n) is 1.90. The molecule has 0 aliphatic rings. The highest BCUT2D eigenvalue weighted by Crippen LogP contribution is 2.12. The van der Waals surface area contributed by atoms with Gasteiger partial charge in [0.1, 0.15) is 0 Å². The Morgan fingerprint density at radius 2 is 2.05 bits per heavy atom. The maximum absolute atomic E-state index is 11.5. The number of aromatic nitrogens is 2. The van der Waals surface area contributed by atoms with Gasteiger partial charge in [-0.05, 0) is 6.92 Å². The van der Waals surface area contributed by atoms with Crippen LogP contribution in [0.4, 0.5) is 5.13 Å². The van der Waals surface area contributed by atoms with Crippen LogP contribution >= 0.6 is 11.5 Å². The lowest BCUT2D eigenvalue weighted by atomic mass is 10.3. The van der Waals surface area contributed by atoms with Crippen LogP contribution in [0.3, 0.4) is 0 Å². The number of esters is 2. The fraction of sp³-hybridized carbons (Fsp3) is 0.500. The van der Waals surface area contributed by atoms with Crippen LogP contribution in [0.2, 0.25) is 0 Å². The molecule has 0 aliphatic heterocycles. The number of rotatable bonds is 6. The molecular weight excluding hydrogens is 274 g/mol. The van der Waals surface area contributed by atoms with Crippen LogP contribution in [-0.2, 0) is 19.1 Å². The van der Waals surface area contributed by atoms with E-state index >= 15 is 0 Å². The molecule has 1 heterocycles. The normalized spacial score (nSPS) is 9.79. The van der Waals surface area contributed by atoms with Crippen molar-refractivity contribution in [1.82, 2.24) is 9.36 Å². The Morgan fingerprint density at radius 3 is 2.68 bits per heavy atom. The quantitative estimate of drug-likeness (QED) is 0.763. The summed E-state index contributed by atoms with van der Waals surface area (Å²) < 4.78 is 12.8. The van der Waals surface area contributed by atoms with Gasteiger partial charge in [0.2, 0.25) is 11.0 Å². The van der Waals surface area contributed by atoms with E-state index in [9.17, 15) is 14.4 Å². The van der Waals surface area contributed by atoms with Crippen molar-refractivity contribution in [2.75, 3.05) is 19.0 Å². The highest BCUT2D eigenvalue weighted by molar-refractivity contribution is 7.10. The van der Waals surface area contributed by atoms with Crippen molar-refractivity contribution in [3.8, 4) is 0 Å². The second-order valence-corrected chi connectivity index (χ2v) is 4.02. The van der Waals surface area contributed by atoms with Gasteiger partial charge in [0, 0.05) is 18.0 Å². The molecule has 8 nitrogen and oxygen atoms in total. The number of nitrogens with zero attached hydrogens (tertiary/aromatic N) is 2. The molecule has 0 saturated heterocycles. The van der Waals surface area contributed by atoms with E-state index in [1.807, 2.05) is 0 Å². The summed E-state index contributed by atoms with van der Waals surface area (Å²) in [6.45, 7) is 1.97. The molecule has 1 aromatic rings. The van der Waals surface area contributed by atoms with Gasteiger partial charge in [-0.2, -0.15) is 9.36 Å². The first-order chi connectivity index (χ1) is 9.06. The van der Waals surface area contributed by atoms with Crippen molar-refractivity contribution in [1.29, 1.82) is 0 Å². The molecule has 0 aromatic carbocycles. The van der Waals surface area contributed by atoms with Gasteiger partial charge in [-0.15, -0.1) is 0 Å². The van der Waals surface area contributed by atoms with Gasteiger partial charge < -0.3 is 14.8 Å². The Bertz CT molecular complexity index is 473. The highest BCUT2D eigenvalue weighted by Gasteiger charge is 2.15. The maximum atomic E-state index is 11.5. The van der Waals surface area contributed by atoms with Crippen LogP contribution in [0.15, 0.2) is 0 Å². The molecule has 0 unspecified atom stereocenters. The number of nitrogens with one attached hydrogen (secondary N) is 1. The molecule has 0 radical (unpaired) electrons. The maximum Gasteiger partial charge on any atom is 0.377 e. The number of carbonyl (C=O) groups excluding carboxylic acids is 3. The van der Waals surface area contributed by atoms with Crippen LogP contribution in [0.5, 0.6) is 0 Å². The molecule has 9 heteroatoms. The first kappa shape index (κ1) is 15.0. The average Bonchev–Trinajstić information content (AvgIpc) is 2.84. The second-order valence-electron chi connectivity index (χ2n) is 3.27. The van der Waals surface area contributed by atoms with Crippen molar-refractivity contribution < 1.29 is 23.9 Å². The summed E-state index contributed by atoms with van der Waals surface area (Å²) >= 11 is 0.856. The molecule has 0 aliphatic carbocycles. The molecular formula is C10H13N3O5S. The van der Waals surface area contributed by atoms with Crippen LogP contribution in [-0.4, -0.2) is 40.9 Å². The molecule has 0 fully saturated rings. The van der Waals surface area contributed by atoms with E-state index in [1.54, 1.807) is 6.92 Å². The number of anilines is 1. The molecule has 0 bridgehead atoms. The average molecular weight is 287 g/mol. The van der Waals surface area contributed by atoms with Crippen LogP contribution in [0, 0.1) is 0 Å². The third kappa shape index (κ3) is 5.00. The second kappa shape index (κ2) is 7.41. The lowest BCUT2D eigenvalue weighted by Crippen LogP contribution is -2.14. The predicted octanol–water partition coefficient (Wildman–Crippen LogP) is 0.606. The zero-order chi connectivity index (χ0) is 14.3. The van der Waals surface area contributed by atoms with Gasteiger partial charge in [-0.1, -0.05) is 0 Å². The number of ether oxygens (including phenoxy) is 2. The van der Waals surface area contributed by atoms with Crippen LogP contribution in [0.1, 0.15) is 30.4 Å². The van der Waals surface area contributed by atoms with E-state index in [1.165, 1.54) is 7.11 Å². The van der Waals surface area contributed by atoms with Gasteiger partial charge in [0.25, 0.3) is 5.82 Å². The zero-order valence-corrected chi connectivity index (χ0v) is 11.3. The number of hydrogen-bond donors (Lipinski definition) is 1. The Morgan fingerprint density at radius 1 is 1.32 bits per heavy atom. The van der Waals surface area contributed by atoms with Crippen LogP contribution in [0.25, 0.3) is 0 Å². The standard InChI is InChI=1S/C10H13N3O5S/c1-3-18-7(15)5-4-6(14)11-10-12-8(13-19-10)9(16)17-2/h3-5H2,1-2H3,(H,11,12,13,14). The molecule has 104 valence electrons. The summed E-state index contributed by atoms with van der Waals surface area (Å²) in [6, 6.07) is 0. The summed E-state index contributed by atoms with van der Waals surface area (Å²) in [5.74, 6) is -1.64. The Kier molecular flexibility index (Phi) is 5.86. The summed E-state index contributed by atoms with van der Waals surface area (Å²) in [6.07, 6.45) is -0.0334. The van der Waals surface area contributed by atoms with Gasteiger partial charge in [0.05, 0.1) is 20.1 Å². The summed E-state index contributed by atoms with van der Waals surface area (Å²) in [7, 11) is 1.21. The SMILES string of the molecule is CCOC(=O)CCC(=O)Nc1nc(C(=O)OC)ns1. The largest absolute Gasteiger partial charge is 0.466 e. The molecule has 1 aromatic heterocycles. The number of amides is 1. The molecule has 0 spiro atoms. The van der Waals surface area contributed by atoms with Crippen molar-refractivity contribution in [2.45, 2.75) is 19.8 Å². The Hall–Kier alpha value is -2.03. The molecule has 19 heavy (non-hydrogen) atoms. The Labute approximate surface area is 113 Å². The van der Waals surface area contributed by atoms with E-state index in [4.69, 9.17) is 0 Å². The molecule has 1 amide bonds. The minimum atomic E-state index is -0.678. The Balaban J connectivity index is 2.42. The van der Waals surface area contributed by atoms with Crippen LogP contribution < -0.4 is 5.32 Å². The molecule has 0 atom stereocenters. The third-order valence-corrected chi connectivity index (χ3v) is 2.53. The molecule has 1 N–H and O–H groups in total. The topological polar surface area (TPSA) is 107 Å². The van der Waals surface area contributed by atoms with Crippen molar-refractivity contribution in [3.63, 3.8) is 0 Å². The minimum absolute atomic E-state index is 0.0116. The zero-order valence-electron chi connectivity index (χ0n) is 10.5. The predicted molar refractivity (Wildman–Crippen MR) is 65.7 cm³/mol. The van der Waals surface area contributed by atoms with Gasteiger partial charge in [0.15, 0.2) is 0 Å². The van der Waals surface area contributed by atoms with E-state index in [-0.39, 0.29) is 30.4 Å². The smallest absolute Gasteiger partial charge is 0.377 e. The number of hydrogen-bond acceptors (Lipinski definition) is 8.